The van der Waals surface area contributed by atoms with Gasteiger partial charge in [0, 0.05) is 18.8 Å². The zero-order valence-corrected chi connectivity index (χ0v) is 13.9. The number of pyridine rings is 1. The highest BCUT2D eigenvalue weighted by atomic mass is 16.4. The normalized spacial score (nSPS) is 21.3. The maximum Gasteiger partial charge on any atom is 0.405 e. The van der Waals surface area contributed by atoms with Crippen molar-refractivity contribution in [3.63, 3.8) is 0 Å². The van der Waals surface area contributed by atoms with E-state index < -0.39 is 12.1 Å². The van der Waals surface area contributed by atoms with Gasteiger partial charge in [-0.3, -0.25) is 14.5 Å². The van der Waals surface area contributed by atoms with E-state index in [0.29, 0.717) is 17.8 Å². The largest absolute Gasteiger partial charge is 0.465 e. The Morgan fingerprint density at radius 3 is 3.04 bits per heavy atom. The molecule has 25 heavy (non-hydrogen) atoms. The van der Waals surface area contributed by atoms with Crippen molar-refractivity contribution in [2.75, 3.05) is 5.32 Å². The summed E-state index contributed by atoms with van der Waals surface area (Å²) in [5, 5.41) is 18.7. The highest BCUT2D eigenvalue weighted by molar-refractivity contribution is 5.96. The van der Waals surface area contributed by atoms with E-state index in [1.54, 1.807) is 49.3 Å². The van der Waals surface area contributed by atoms with Crippen LogP contribution in [-0.2, 0) is 11.8 Å². The van der Waals surface area contributed by atoms with Crippen LogP contribution in [0, 0.1) is 5.92 Å². The lowest BCUT2D eigenvalue weighted by molar-refractivity contribution is -0.118. The van der Waals surface area contributed by atoms with Crippen LogP contribution in [0.5, 0.6) is 0 Å². The highest BCUT2D eigenvalue weighted by Crippen LogP contribution is 2.30. The summed E-state index contributed by atoms with van der Waals surface area (Å²) >= 11 is 0. The Morgan fingerprint density at radius 1 is 1.48 bits per heavy atom. The van der Waals surface area contributed by atoms with Crippen molar-refractivity contribution in [1.29, 1.82) is 0 Å². The molecule has 2 aromatic rings. The molecule has 3 heterocycles. The van der Waals surface area contributed by atoms with Gasteiger partial charge in [-0.2, -0.15) is 5.10 Å². The van der Waals surface area contributed by atoms with Crippen LogP contribution in [0.2, 0.25) is 0 Å². The Kier molecular flexibility index (Phi) is 4.51. The fourth-order valence-corrected chi connectivity index (χ4v) is 2.81. The Balaban J connectivity index is 2.13. The number of nitrogens with one attached hydrogen (secondary N) is 2. The van der Waals surface area contributed by atoms with Crippen LogP contribution in [-0.4, -0.2) is 31.9 Å². The van der Waals surface area contributed by atoms with Gasteiger partial charge < -0.3 is 15.7 Å². The Labute approximate surface area is 144 Å². The van der Waals surface area contributed by atoms with Crippen molar-refractivity contribution in [1.82, 2.24) is 20.1 Å². The molecule has 3 N–H and O–H groups in total. The van der Waals surface area contributed by atoms with E-state index in [4.69, 9.17) is 5.11 Å². The molecular formula is C17H19N5O3. The lowest BCUT2D eigenvalue weighted by Gasteiger charge is -2.17. The van der Waals surface area contributed by atoms with Crippen molar-refractivity contribution < 1.29 is 14.7 Å². The molecule has 0 unspecified atom stereocenters. The van der Waals surface area contributed by atoms with E-state index in [1.807, 2.05) is 6.07 Å². The fourth-order valence-electron chi connectivity index (χ4n) is 2.81. The molecule has 2 bridgehead atoms. The summed E-state index contributed by atoms with van der Waals surface area (Å²) in [4.78, 5) is 27.8. The number of fused-ring (bicyclic) bond motifs is 4. The van der Waals surface area contributed by atoms with Crippen LogP contribution in [0.4, 0.5) is 10.5 Å². The van der Waals surface area contributed by atoms with E-state index in [1.165, 1.54) is 0 Å². The number of hydrogen-bond donors (Lipinski definition) is 3. The number of aryl methyl sites for hydroxylation is 1. The number of amides is 2. The quantitative estimate of drug-likeness (QED) is 0.690. The van der Waals surface area contributed by atoms with Gasteiger partial charge in [-0.25, -0.2) is 4.79 Å². The van der Waals surface area contributed by atoms with Gasteiger partial charge in [0.1, 0.15) is 0 Å². The Bertz CT molecular complexity index is 843. The van der Waals surface area contributed by atoms with E-state index in [0.717, 1.165) is 11.3 Å². The first kappa shape index (κ1) is 16.7. The smallest absolute Gasteiger partial charge is 0.405 e. The average Bonchev–Trinajstić information content (AvgIpc) is 2.93. The van der Waals surface area contributed by atoms with Gasteiger partial charge >= 0.3 is 6.09 Å². The molecule has 0 aliphatic carbocycles. The van der Waals surface area contributed by atoms with E-state index in [-0.39, 0.29) is 11.8 Å². The first-order chi connectivity index (χ1) is 12.0. The lowest BCUT2D eigenvalue weighted by Crippen LogP contribution is -2.27. The van der Waals surface area contributed by atoms with Crippen molar-refractivity contribution in [2.45, 2.75) is 19.4 Å². The van der Waals surface area contributed by atoms with Crippen molar-refractivity contribution in [3.05, 3.63) is 42.4 Å². The van der Waals surface area contributed by atoms with Gasteiger partial charge in [-0.05, 0) is 18.6 Å². The molecule has 2 amide bonds. The van der Waals surface area contributed by atoms with Crippen LogP contribution < -0.4 is 10.6 Å². The van der Waals surface area contributed by atoms with Crippen molar-refractivity contribution >= 4 is 17.7 Å². The molecule has 8 nitrogen and oxygen atoms in total. The standard InChI is InChI=1S/C17H19N5O3/c1-10-4-3-5-12(21-17(24)25)13-8-11(6-7-18-13)15-14(20-16(10)23)9-19-22(15)2/h3-4,6-10,12,21H,5H2,1-2H3,(H,20,23)(H,24,25)/b4-3+/t10-,12+/m1/s1. The number of carbonyl (C=O) groups excluding carboxylic acids is 1. The van der Waals surface area contributed by atoms with Crippen LogP contribution in [0.15, 0.2) is 36.7 Å². The summed E-state index contributed by atoms with van der Waals surface area (Å²) < 4.78 is 1.67. The molecular weight excluding hydrogens is 322 g/mol. The summed E-state index contributed by atoms with van der Waals surface area (Å²) in [6, 6.07) is 3.12. The number of rotatable bonds is 1. The third-order valence-corrected chi connectivity index (χ3v) is 4.12. The summed E-state index contributed by atoms with van der Waals surface area (Å²) in [6.45, 7) is 1.78. The molecule has 1 aliphatic rings. The Hall–Kier alpha value is -3.16. The van der Waals surface area contributed by atoms with Gasteiger partial charge in [-0.15, -0.1) is 0 Å². The molecule has 2 atom stereocenters. The van der Waals surface area contributed by atoms with Gasteiger partial charge in [0.05, 0.1) is 35.2 Å². The summed E-state index contributed by atoms with van der Waals surface area (Å²) in [7, 11) is 1.78. The molecule has 0 saturated carbocycles. The second-order valence-corrected chi connectivity index (χ2v) is 5.94. The monoisotopic (exact) mass is 341 g/mol. The maximum absolute atomic E-state index is 12.4. The number of carboxylic acid groups (broad SMARTS) is 1. The van der Waals surface area contributed by atoms with Crippen molar-refractivity contribution in [3.8, 4) is 11.3 Å². The van der Waals surface area contributed by atoms with Crippen molar-refractivity contribution in [2.24, 2.45) is 13.0 Å². The average molecular weight is 341 g/mol. The van der Waals surface area contributed by atoms with E-state index >= 15 is 0 Å². The molecule has 8 heteroatoms. The zero-order valence-electron chi connectivity index (χ0n) is 13.9. The van der Waals surface area contributed by atoms with Crippen LogP contribution in [0.1, 0.15) is 25.1 Å². The molecule has 130 valence electrons. The van der Waals surface area contributed by atoms with Crippen LogP contribution >= 0.6 is 0 Å². The minimum atomic E-state index is -1.12. The summed E-state index contributed by atoms with van der Waals surface area (Å²) in [5.41, 5.74) is 2.75. The summed E-state index contributed by atoms with van der Waals surface area (Å²) in [6.07, 6.45) is 6.06. The molecule has 2 aromatic heterocycles. The second-order valence-electron chi connectivity index (χ2n) is 5.94. The van der Waals surface area contributed by atoms with E-state index in [9.17, 15) is 9.59 Å². The van der Waals surface area contributed by atoms with Crippen LogP contribution in [0.25, 0.3) is 11.3 Å². The van der Waals surface area contributed by atoms with Gasteiger partial charge in [0.15, 0.2) is 0 Å². The molecule has 0 spiro atoms. The third kappa shape index (κ3) is 3.52. The van der Waals surface area contributed by atoms with E-state index in [2.05, 4.69) is 20.7 Å². The number of hydrogen-bond acceptors (Lipinski definition) is 4. The van der Waals surface area contributed by atoms with Gasteiger partial charge in [0.25, 0.3) is 0 Å². The first-order valence-corrected chi connectivity index (χ1v) is 7.91. The number of aromatic nitrogens is 3. The minimum Gasteiger partial charge on any atom is -0.465 e. The van der Waals surface area contributed by atoms with Gasteiger partial charge in [-0.1, -0.05) is 19.1 Å². The number of carbonyl (C=O) groups is 2. The summed E-state index contributed by atoms with van der Waals surface area (Å²) in [5.74, 6) is -0.507. The van der Waals surface area contributed by atoms with Gasteiger partial charge in [0.2, 0.25) is 5.91 Å². The highest BCUT2D eigenvalue weighted by Gasteiger charge is 2.20. The molecule has 1 aliphatic heterocycles. The number of nitrogens with zero attached hydrogens (tertiary/aromatic N) is 3. The first-order valence-electron chi connectivity index (χ1n) is 7.91. The third-order valence-electron chi connectivity index (χ3n) is 4.12. The molecule has 0 radical (unpaired) electrons. The predicted molar refractivity (Wildman–Crippen MR) is 91.9 cm³/mol. The predicted octanol–water partition coefficient (Wildman–Crippen LogP) is 2.33. The topological polar surface area (TPSA) is 109 Å². The minimum absolute atomic E-state index is 0.150. The molecule has 0 aromatic carbocycles. The second kappa shape index (κ2) is 6.76. The SMILES string of the molecule is C[C@@H]1/C=C/C[C@H](NC(=O)O)c2cc(ccn2)-c2c(cnn2C)NC1=O. The van der Waals surface area contributed by atoms with Crippen LogP contribution in [0.3, 0.4) is 0 Å². The maximum atomic E-state index is 12.4. The zero-order chi connectivity index (χ0) is 18.0. The Morgan fingerprint density at radius 2 is 2.28 bits per heavy atom. The fraction of sp³-hybridized carbons (Fsp3) is 0.294. The molecule has 0 fully saturated rings. The molecule has 0 saturated heterocycles. The number of anilines is 1. The lowest BCUT2D eigenvalue weighted by atomic mass is 10.0. The molecule has 3 rings (SSSR count).